The fourth-order valence-electron chi connectivity index (χ4n) is 1.34. The minimum absolute atomic E-state index is 0.359. The summed E-state index contributed by atoms with van der Waals surface area (Å²) in [7, 11) is 0. The molecule has 1 heteroatoms. The Morgan fingerprint density at radius 3 is 1.67 bits per heavy atom. The Morgan fingerprint density at radius 1 is 0.800 bits per heavy atom. The van der Waals surface area contributed by atoms with Crippen molar-refractivity contribution in [3.8, 4) is 0 Å². The maximum Gasteiger partial charge on any atom is 0.0431 e. The summed E-state index contributed by atoms with van der Waals surface area (Å²) in [5.74, 6) is 0.823. The average molecular weight is 216 g/mol. The number of hydrogen-bond acceptors (Lipinski definition) is 1. The second kappa shape index (κ2) is 16.4. The van der Waals surface area contributed by atoms with Crippen LogP contribution in [-0.4, -0.2) is 11.7 Å². The van der Waals surface area contributed by atoms with Gasteiger partial charge >= 0.3 is 0 Å². The number of unbranched alkanes of at least 4 members (excludes halogenated alkanes) is 5. The van der Waals surface area contributed by atoms with Crippen LogP contribution in [0.4, 0.5) is 0 Å². The zero-order valence-corrected chi connectivity index (χ0v) is 11.4. The summed E-state index contributed by atoms with van der Waals surface area (Å²) in [5.41, 5.74) is 0. The molecule has 15 heavy (non-hydrogen) atoms. The van der Waals surface area contributed by atoms with Crippen LogP contribution in [0.1, 0.15) is 79.1 Å². The maximum atomic E-state index is 8.43. The fourth-order valence-corrected chi connectivity index (χ4v) is 1.34. The molecule has 1 nitrogen and oxygen atoms in total. The van der Waals surface area contributed by atoms with Crippen molar-refractivity contribution >= 4 is 0 Å². The summed E-state index contributed by atoms with van der Waals surface area (Å²) in [4.78, 5) is 0. The molecule has 0 aliphatic carbocycles. The largest absolute Gasteiger partial charge is 0.396 e. The number of aliphatic hydroxyl groups is 1. The molecule has 0 aromatic heterocycles. The summed E-state index contributed by atoms with van der Waals surface area (Å²) >= 11 is 0. The van der Waals surface area contributed by atoms with E-state index in [1.54, 1.807) is 0 Å². The first-order chi connectivity index (χ1) is 7.18. The van der Waals surface area contributed by atoms with Crippen molar-refractivity contribution in [2.75, 3.05) is 6.61 Å². The van der Waals surface area contributed by atoms with Gasteiger partial charge in [-0.3, -0.25) is 0 Å². The van der Waals surface area contributed by atoms with Crippen molar-refractivity contribution in [2.45, 2.75) is 79.1 Å². The zero-order chi connectivity index (χ0) is 11.9. The standard InChI is InChI=1S/C8H18O.C6H14/c1-8(2)6-4-3-5-7-9;1-3-5-6-4-2/h8-9H,3-7H2,1-2H3;3-6H2,1-2H3. The van der Waals surface area contributed by atoms with Gasteiger partial charge in [0.2, 0.25) is 0 Å². The summed E-state index contributed by atoms with van der Waals surface area (Å²) in [6.45, 7) is 9.29. The molecular weight excluding hydrogens is 184 g/mol. The Bertz CT molecular complexity index is 85.3. The van der Waals surface area contributed by atoms with Gasteiger partial charge in [-0.1, -0.05) is 72.6 Å². The van der Waals surface area contributed by atoms with E-state index in [9.17, 15) is 0 Å². The Hall–Kier alpha value is -0.0400. The molecule has 0 aliphatic heterocycles. The summed E-state index contributed by atoms with van der Waals surface area (Å²) < 4.78 is 0. The first-order valence-electron chi connectivity index (χ1n) is 6.79. The molecule has 0 saturated heterocycles. The summed E-state index contributed by atoms with van der Waals surface area (Å²) in [6, 6.07) is 0. The van der Waals surface area contributed by atoms with E-state index in [4.69, 9.17) is 5.11 Å². The van der Waals surface area contributed by atoms with E-state index < -0.39 is 0 Å². The predicted octanol–water partition coefficient (Wildman–Crippen LogP) is 4.78. The molecule has 0 saturated carbocycles. The molecule has 0 aliphatic rings. The van der Waals surface area contributed by atoms with Gasteiger partial charge in [0, 0.05) is 6.61 Å². The van der Waals surface area contributed by atoms with Gasteiger partial charge in [0.25, 0.3) is 0 Å². The van der Waals surface area contributed by atoms with Gasteiger partial charge in [-0.05, 0) is 12.3 Å². The van der Waals surface area contributed by atoms with Crippen LogP contribution < -0.4 is 0 Å². The first kappa shape index (κ1) is 17.4. The predicted molar refractivity (Wildman–Crippen MR) is 70.2 cm³/mol. The van der Waals surface area contributed by atoms with Crippen LogP contribution in [0.2, 0.25) is 0 Å². The van der Waals surface area contributed by atoms with E-state index in [1.165, 1.54) is 44.9 Å². The number of rotatable bonds is 8. The second-order valence-corrected chi connectivity index (χ2v) is 4.67. The summed E-state index contributed by atoms with van der Waals surface area (Å²) in [5, 5.41) is 8.43. The Morgan fingerprint density at radius 2 is 1.33 bits per heavy atom. The molecular formula is C14H32O. The van der Waals surface area contributed by atoms with Crippen molar-refractivity contribution in [2.24, 2.45) is 5.92 Å². The molecule has 0 unspecified atom stereocenters. The van der Waals surface area contributed by atoms with Gasteiger partial charge in [0.15, 0.2) is 0 Å². The lowest BCUT2D eigenvalue weighted by Gasteiger charge is -2.01. The monoisotopic (exact) mass is 216 g/mol. The van der Waals surface area contributed by atoms with Crippen LogP contribution in [0.15, 0.2) is 0 Å². The molecule has 0 radical (unpaired) electrons. The highest BCUT2D eigenvalue weighted by molar-refractivity contribution is 4.45. The normalized spacial score (nSPS) is 10.0. The molecule has 0 atom stereocenters. The van der Waals surface area contributed by atoms with Gasteiger partial charge in [0.1, 0.15) is 0 Å². The molecule has 0 rings (SSSR count). The van der Waals surface area contributed by atoms with Crippen molar-refractivity contribution < 1.29 is 5.11 Å². The van der Waals surface area contributed by atoms with Gasteiger partial charge in [-0.2, -0.15) is 0 Å². The molecule has 0 spiro atoms. The van der Waals surface area contributed by atoms with Crippen molar-refractivity contribution in [1.82, 2.24) is 0 Å². The lowest BCUT2D eigenvalue weighted by Crippen LogP contribution is -1.88. The van der Waals surface area contributed by atoms with E-state index in [2.05, 4.69) is 27.7 Å². The van der Waals surface area contributed by atoms with Crippen LogP contribution in [-0.2, 0) is 0 Å². The summed E-state index contributed by atoms with van der Waals surface area (Å²) in [6.07, 6.45) is 10.3. The third-order valence-corrected chi connectivity index (χ3v) is 2.40. The van der Waals surface area contributed by atoms with Crippen LogP contribution >= 0.6 is 0 Å². The Balaban J connectivity index is 0. The second-order valence-electron chi connectivity index (χ2n) is 4.67. The average Bonchev–Trinajstić information content (AvgIpc) is 2.22. The smallest absolute Gasteiger partial charge is 0.0431 e. The lowest BCUT2D eigenvalue weighted by atomic mass is 10.1. The van der Waals surface area contributed by atoms with Crippen LogP contribution in [0, 0.1) is 5.92 Å². The third kappa shape index (κ3) is 24.9. The lowest BCUT2D eigenvalue weighted by molar-refractivity contribution is 0.281. The molecule has 0 aromatic rings. The van der Waals surface area contributed by atoms with Crippen molar-refractivity contribution in [3.63, 3.8) is 0 Å². The highest BCUT2D eigenvalue weighted by Crippen LogP contribution is 2.06. The Labute approximate surface area is 97.3 Å². The van der Waals surface area contributed by atoms with Crippen molar-refractivity contribution in [1.29, 1.82) is 0 Å². The highest BCUT2D eigenvalue weighted by atomic mass is 16.2. The SMILES string of the molecule is CC(C)CCCCCO.CCCCCC. The van der Waals surface area contributed by atoms with Crippen LogP contribution in [0.5, 0.6) is 0 Å². The topological polar surface area (TPSA) is 20.2 Å². The number of hydrogen-bond donors (Lipinski definition) is 1. The minimum atomic E-state index is 0.359. The molecule has 0 amide bonds. The van der Waals surface area contributed by atoms with Gasteiger partial charge < -0.3 is 5.11 Å². The number of aliphatic hydroxyl groups excluding tert-OH is 1. The van der Waals surface area contributed by atoms with Crippen molar-refractivity contribution in [3.05, 3.63) is 0 Å². The van der Waals surface area contributed by atoms with E-state index in [0.717, 1.165) is 12.3 Å². The van der Waals surface area contributed by atoms with Gasteiger partial charge in [0.05, 0.1) is 0 Å². The maximum absolute atomic E-state index is 8.43. The van der Waals surface area contributed by atoms with E-state index in [-0.39, 0.29) is 0 Å². The minimum Gasteiger partial charge on any atom is -0.396 e. The third-order valence-electron chi connectivity index (χ3n) is 2.40. The fraction of sp³-hybridized carbons (Fsp3) is 1.00. The van der Waals surface area contributed by atoms with E-state index >= 15 is 0 Å². The first-order valence-corrected chi connectivity index (χ1v) is 6.79. The van der Waals surface area contributed by atoms with Crippen LogP contribution in [0.3, 0.4) is 0 Å². The Kier molecular flexibility index (Phi) is 19.0. The van der Waals surface area contributed by atoms with Gasteiger partial charge in [-0.25, -0.2) is 0 Å². The zero-order valence-electron chi connectivity index (χ0n) is 11.4. The van der Waals surface area contributed by atoms with E-state index in [0.29, 0.717) is 6.61 Å². The molecule has 0 aromatic carbocycles. The van der Waals surface area contributed by atoms with E-state index in [1.807, 2.05) is 0 Å². The molecule has 94 valence electrons. The highest BCUT2D eigenvalue weighted by Gasteiger charge is 1.92. The van der Waals surface area contributed by atoms with Crippen LogP contribution in [0.25, 0.3) is 0 Å². The molecule has 1 N–H and O–H groups in total. The molecule has 0 bridgehead atoms. The quantitative estimate of drug-likeness (QED) is 0.579. The molecule has 0 heterocycles. The molecule has 0 fully saturated rings. The van der Waals surface area contributed by atoms with Gasteiger partial charge in [-0.15, -0.1) is 0 Å².